The van der Waals surface area contributed by atoms with Crippen molar-refractivity contribution >= 4 is 5.97 Å². The zero-order valence-corrected chi connectivity index (χ0v) is 9.78. The summed E-state index contributed by atoms with van der Waals surface area (Å²) in [5.74, 6) is -2.44. The van der Waals surface area contributed by atoms with Crippen LogP contribution < -0.4 is 0 Å². The fourth-order valence-corrected chi connectivity index (χ4v) is 1.69. The quantitative estimate of drug-likeness (QED) is 0.858. The van der Waals surface area contributed by atoms with E-state index >= 15 is 0 Å². The van der Waals surface area contributed by atoms with Gasteiger partial charge in [-0.25, -0.2) is 9.18 Å². The van der Waals surface area contributed by atoms with Crippen molar-refractivity contribution in [1.29, 1.82) is 0 Å². The molecule has 0 saturated heterocycles. The van der Waals surface area contributed by atoms with Crippen LogP contribution in [0, 0.1) is 5.82 Å². The lowest BCUT2D eigenvalue weighted by Gasteiger charge is -2.12. The molecular formula is C13H7F4NO2. The summed E-state index contributed by atoms with van der Waals surface area (Å²) in [6.07, 6.45) is -3.57. The monoisotopic (exact) mass is 285 g/mol. The summed E-state index contributed by atoms with van der Waals surface area (Å²) in [6, 6.07) is 4.53. The lowest BCUT2D eigenvalue weighted by atomic mass is 10.0. The molecule has 0 aliphatic carbocycles. The van der Waals surface area contributed by atoms with Gasteiger partial charge in [-0.05, 0) is 30.3 Å². The Hall–Kier alpha value is -2.44. The number of carbonyl (C=O) groups is 1. The van der Waals surface area contributed by atoms with E-state index in [1.807, 2.05) is 0 Å². The van der Waals surface area contributed by atoms with Gasteiger partial charge in [0.15, 0.2) is 0 Å². The number of hydrogen-bond acceptors (Lipinski definition) is 2. The van der Waals surface area contributed by atoms with Crippen LogP contribution >= 0.6 is 0 Å². The summed E-state index contributed by atoms with van der Waals surface area (Å²) in [7, 11) is 0. The van der Waals surface area contributed by atoms with Crippen LogP contribution in [0.3, 0.4) is 0 Å². The van der Waals surface area contributed by atoms with Gasteiger partial charge in [-0.15, -0.1) is 0 Å². The van der Waals surface area contributed by atoms with Gasteiger partial charge in [0.2, 0.25) is 0 Å². The molecule has 104 valence electrons. The molecule has 0 radical (unpaired) electrons. The minimum absolute atomic E-state index is 0.351. The Labute approximate surface area is 110 Å². The van der Waals surface area contributed by atoms with Crippen molar-refractivity contribution in [2.45, 2.75) is 6.18 Å². The zero-order chi connectivity index (χ0) is 14.9. The molecule has 1 aromatic heterocycles. The molecular weight excluding hydrogens is 278 g/mol. The lowest BCUT2D eigenvalue weighted by molar-refractivity contribution is -0.137. The van der Waals surface area contributed by atoms with Crippen molar-refractivity contribution in [3.8, 4) is 11.3 Å². The van der Waals surface area contributed by atoms with Gasteiger partial charge >= 0.3 is 12.1 Å². The Morgan fingerprint density at radius 1 is 1.20 bits per heavy atom. The Bertz CT molecular complexity index is 668. The lowest BCUT2D eigenvalue weighted by Crippen LogP contribution is -2.09. The van der Waals surface area contributed by atoms with E-state index in [0.717, 1.165) is 30.5 Å². The molecule has 3 nitrogen and oxygen atoms in total. The number of aromatic carboxylic acids is 1. The number of rotatable bonds is 2. The molecule has 20 heavy (non-hydrogen) atoms. The molecule has 1 heterocycles. The van der Waals surface area contributed by atoms with Crippen LogP contribution in [0.25, 0.3) is 11.3 Å². The molecule has 1 N–H and O–H groups in total. The van der Waals surface area contributed by atoms with Gasteiger partial charge in [0.25, 0.3) is 0 Å². The van der Waals surface area contributed by atoms with E-state index in [9.17, 15) is 22.4 Å². The van der Waals surface area contributed by atoms with Gasteiger partial charge in [-0.3, -0.25) is 4.98 Å². The average molecular weight is 285 g/mol. The highest BCUT2D eigenvalue weighted by Gasteiger charge is 2.34. The number of benzene rings is 1. The first-order valence-corrected chi connectivity index (χ1v) is 5.36. The molecule has 0 saturated carbocycles. The molecule has 1 aromatic carbocycles. The zero-order valence-electron chi connectivity index (χ0n) is 9.78. The summed E-state index contributed by atoms with van der Waals surface area (Å²) < 4.78 is 52.2. The van der Waals surface area contributed by atoms with Crippen molar-refractivity contribution in [2.24, 2.45) is 0 Å². The predicted octanol–water partition coefficient (Wildman–Crippen LogP) is 3.60. The van der Waals surface area contributed by atoms with Gasteiger partial charge in [-0.1, -0.05) is 0 Å². The SMILES string of the molecule is O=C(O)c1ccc(-c2ncccc2C(F)(F)F)c(F)c1. The van der Waals surface area contributed by atoms with Crippen molar-refractivity contribution in [3.05, 3.63) is 53.5 Å². The number of carboxylic acids is 1. The Morgan fingerprint density at radius 3 is 2.45 bits per heavy atom. The van der Waals surface area contributed by atoms with E-state index in [1.54, 1.807) is 0 Å². The first-order valence-electron chi connectivity index (χ1n) is 5.36. The maximum atomic E-state index is 13.8. The Morgan fingerprint density at radius 2 is 1.90 bits per heavy atom. The number of halogens is 4. The maximum Gasteiger partial charge on any atom is 0.418 e. The van der Waals surface area contributed by atoms with Crippen molar-refractivity contribution in [1.82, 2.24) is 4.98 Å². The van der Waals surface area contributed by atoms with Gasteiger partial charge in [0.05, 0.1) is 16.8 Å². The Balaban J connectivity index is 2.61. The number of nitrogens with zero attached hydrogens (tertiary/aromatic N) is 1. The summed E-state index contributed by atoms with van der Waals surface area (Å²) in [5, 5.41) is 8.69. The second-order valence-corrected chi connectivity index (χ2v) is 3.90. The predicted molar refractivity (Wildman–Crippen MR) is 61.6 cm³/mol. The van der Waals surface area contributed by atoms with Gasteiger partial charge in [0, 0.05) is 11.8 Å². The van der Waals surface area contributed by atoms with E-state index in [-0.39, 0.29) is 5.56 Å². The normalized spacial score (nSPS) is 11.4. The highest BCUT2D eigenvalue weighted by atomic mass is 19.4. The number of alkyl halides is 3. The summed E-state index contributed by atoms with van der Waals surface area (Å²) in [4.78, 5) is 14.2. The smallest absolute Gasteiger partial charge is 0.418 e. The Kier molecular flexibility index (Phi) is 3.44. The third-order valence-electron chi connectivity index (χ3n) is 2.58. The maximum absolute atomic E-state index is 13.8. The van der Waals surface area contributed by atoms with E-state index in [4.69, 9.17) is 5.11 Å². The average Bonchev–Trinajstić information content (AvgIpc) is 2.37. The largest absolute Gasteiger partial charge is 0.478 e. The highest BCUT2D eigenvalue weighted by Crippen LogP contribution is 2.36. The molecule has 7 heteroatoms. The number of hydrogen-bond donors (Lipinski definition) is 1. The van der Waals surface area contributed by atoms with E-state index < -0.39 is 34.8 Å². The molecule has 0 aliphatic heterocycles. The standard InChI is InChI=1S/C13H7F4NO2/c14-10-6-7(12(19)20)3-4-8(10)11-9(13(15,16)17)2-1-5-18-11/h1-6H,(H,19,20). The molecule has 0 spiro atoms. The molecule has 0 bridgehead atoms. The third kappa shape index (κ3) is 2.61. The van der Waals surface area contributed by atoms with Crippen LogP contribution in [0.2, 0.25) is 0 Å². The molecule has 2 aromatic rings. The first-order chi connectivity index (χ1) is 9.30. The van der Waals surface area contributed by atoms with Gasteiger partial charge in [-0.2, -0.15) is 13.2 Å². The first kappa shape index (κ1) is 14.0. The van der Waals surface area contributed by atoms with Crippen LogP contribution in [0.1, 0.15) is 15.9 Å². The number of carboxylic acid groups (broad SMARTS) is 1. The van der Waals surface area contributed by atoms with Gasteiger partial charge in [0.1, 0.15) is 5.82 Å². The minimum atomic E-state index is -4.68. The van der Waals surface area contributed by atoms with Crippen LogP contribution in [-0.2, 0) is 6.18 Å². The van der Waals surface area contributed by atoms with Crippen molar-refractivity contribution in [3.63, 3.8) is 0 Å². The summed E-state index contributed by atoms with van der Waals surface area (Å²) >= 11 is 0. The van der Waals surface area contributed by atoms with E-state index in [2.05, 4.69) is 4.98 Å². The summed E-state index contributed by atoms with van der Waals surface area (Å²) in [6.45, 7) is 0. The van der Waals surface area contributed by atoms with E-state index in [1.165, 1.54) is 0 Å². The molecule has 0 amide bonds. The van der Waals surface area contributed by atoms with Crippen LogP contribution in [0.5, 0.6) is 0 Å². The van der Waals surface area contributed by atoms with Crippen molar-refractivity contribution < 1.29 is 27.5 Å². The molecule has 0 fully saturated rings. The second kappa shape index (κ2) is 4.92. The summed E-state index contributed by atoms with van der Waals surface area (Å²) in [5.41, 5.74) is -2.41. The third-order valence-corrected chi connectivity index (χ3v) is 2.58. The fraction of sp³-hybridized carbons (Fsp3) is 0.0769. The minimum Gasteiger partial charge on any atom is -0.478 e. The van der Waals surface area contributed by atoms with Crippen LogP contribution in [0.15, 0.2) is 36.5 Å². The second-order valence-electron chi connectivity index (χ2n) is 3.90. The van der Waals surface area contributed by atoms with E-state index in [0.29, 0.717) is 6.07 Å². The molecule has 0 atom stereocenters. The van der Waals surface area contributed by atoms with Crippen molar-refractivity contribution in [2.75, 3.05) is 0 Å². The topological polar surface area (TPSA) is 50.2 Å². The number of aromatic nitrogens is 1. The van der Waals surface area contributed by atoms with Gasteiger partial charge < -0.3 is 5.11 Å². The number of pyridine rings is 1. The van der Waals surface area contributed by atoms with Crippen LogP contribution in [0.4, 0.5) is 17.6 Å². The molecule has 0 aliphatic rings. The molecule has 0 unspecified atom stereocenters. The molecule has 2 rings (SSSR count). The highest BCUT2D eigenvalue weighted by molar-refractivity contribution is 5.88. The fourth-order valence-electron chi connectivity index (χ4n) is 1.69. The van der Waals surface area contributed by atoms with Crippen LogP contribution in [-0.4, -0.2) is 16.1 Å².